The summed E-state index contributed by atoms with van der Waals surface area (Å²) in [4.78, 5) is 25.6. The highest BCUT2D eigenvalue weighted by atomic mass is 16.5. The zero-order valence-corrected chi connectivity index (χ0v) is 11.2. The maximum atomic E-state index is 12.1. The molecule has 2 atom stereocenters. The summed E-state index contributed by atoms with van der Waals surface area (Å²) >= 11 is 0. The number of nitrogens with zero attached hydrogens (tertiary/aromatic N) is 1. The molecule has 0 saturated carbocycles. The first-order valence-electron chi connectivity index (χ1n) is 6.46. The maximum Gasteiger partial charge on any atom is 0.245 e. The SMILES string of the molecule is C#CCC(N)C(=O)N1CCOCC1C(=O)NCCC. The number of carbonyl (C=O) groups is 2. The summed E-state index contributed by atoms with van der Waals surface area (Å²) in [7, 11) is 0. The van der Waals surface area contributed by atoms with Crippen molar-refractivity contribution in [2.24, 2.45) is 5.73 Å². The van der Waals surface area contributed by atoms with Crippen LogP contribution in [-0.4, -0.2) is 55.1 Å². The van der Waals surface area contributed by atoms with Crippen molar-refractivity contribution in [3.63, 3.8) is 0 Å². The maximum absolute atomic E-state index is 12.1. The van der Waals surface area contributed by atoms with Gasteiger partial charge in [0.15, 0.2) is 0 Å². The molecular weight excluding hydrogens is 246 g/mol. The van der Waals surface area contributed by atoms with Crippen LogP contribution in [0, 0.1) is 12.3 Å². The molecule has 0 aliphatic carbocycles. The van der Waals surface area contributed by atoms with Crippen LogP contribution in [0.5, 0.6) is 0 Å². The number of nitrogens with one attached hydrogen (secondary N) is 1. The Morgan fingerprint density at radius 2 is 2.37 bits per heavy atom. The van der Waals surface area contributed by atoms with Gasteiger partial charge in [-0.1, -0.05) is 6.92 Å². The number of hydrogen-bond donors (Lipinski definition) is 2. The predicted molar refractivity (Wildman–Crippen MR) is 71.0 cm³/mol. The Balaban J connectivity index is 2.69. The molecule has 6 heteroatoms. The van der Waals surface area contributed by atoms with Gasteiger partial charge in [-0.2, -0.15) is 0 Å². The lowest BCUT2D eigenvalue weighted by Gasteiger charge is -2.35. The van der Waals surface area contributed by atoms with Gasteiger partial charge in [-0.25, -0.2) is 0 Å². The summed E-state index contributed by atoms with van der Waals surface area (Å²) in [6, 6.07) is -1.37. The molecule has 6 nitrogen and oxygen atoms in total. The molecule has 0 spiro atoms. The highest BCUT2D eigenvalue weighted by Crippen LogP contribution is 2.10. The van der Waals surface area contributed by atoms with E-state index in [-0.39, 0.29) is 24.8 Å². The summed E-state index contributed by atoms with van der Waals surface area (Å²) in [5, 5.41) is 2.76. The van der Waals surface area contributed by atoms with E-state index in [0.29, 0.717) is 19.7 Å². The van der Waals surface area contributed by atoms with Crippen molar-refractivity contribution in [2.75, 3.05) is 26.3 Å². The Morgan fingerprint density at radius 1 is 1.63 bits per heavy atom. The lowest BCUT2D eigenvalue weighted by molar-refractivity contribution is -0.149. The number of hydrogen-bond acceptors (Lipinski definition) is 4. The van der Waals surface area contributed by atoms with Gasteiger partial charge in [0, 0.05) is 19.5 Å². The second-order valence-electron chi connectivity index (χ2n) is 4.43. The van der Waals surface area contributed by atoms with Crippen molar-refractivity contribution in [1.29, 1.82) is 0 Å². The Bertz CT molecular complexity index is 365. The second-order valence-corrected chi connectivity index (χ2v) is 4.43. The fourth-order valence-electron chi connectivity index (χ4n) is 1.88. The van der Waals surface area contributed by atoms with Crippen molar-refractivity contribution < 1.29 is 14.3 Å². The third-order valence-electron chi connectivity index (χ3n) is 2.92. The van der Waals surface area contributed by atoms with Crippen molar-refractivity contribution >= 4 is 11.8 Å². The Kier molecular flexibility index (Phi) is 6.33. The van der Waals surface area contributed by atoms with E-state index in [1.54, 1.807) is 0 Å². The average Bonchev–Trinajstić information content (AvgIpc) is 2.44. The molecule has 19 heavy (non-hydrogen) atoms. The minimum atomic E-state index is -0.760. The van der Waals surface area contributed by atoms with Gasteiger partial charge in [-0.15, -0.1) is 12.3 Å². The fourth-order valence-corrected chi connectivity index (χ4v) is 1.88. The lowest BCUT2D eigenvalue weighted by Crippen LogP contribution is -2.59. The van der Waals surface area contributed by atoms with E-state index in [1.807, 2.05) is 6.92 Å². The summed E-state index contributed by atoms with van der Waals surface area (Å²) in [6.07, 6.45) is 6.16. The third-order valence-corrected chi connectivity index (χ3v) is 2.92. The Morgan fingerprint density at radius 3 is 3.00 bits per heavy atom. The number of rotatable bonds is 5. The Hall–Kier alpha value is -1.58. The van der Waals surface area contributed by atoms with Crippen molar-refractivity contribution in [2.45, 2.75) is 31.8 Å². The second kappa shape index (κ2) is 7.77. The van der Waals surface area contributed by atoms with Crippen LogP contribution in [0.2, 0.25) is 0 Å². The van der Waals surface area contributed by atoms with Crippen LogP contribution >= 0.6 is 0 Å². The third kappa shape index (κ3) is 4.23. The van der Waals surface area contributed by atoms with E-state index in [9.17, 15) is 9.59 Å². The zero-order valence-electron chi connectivity index (χ0n) is 11.2. The first-order chi connectivity index (χ1) is 9.11. The van der Waals surface area contributed by atoms with Crippen molar-refractivity contribution in [1.82, 2.24) is 10.2 Å². The van der Waals surface area contributed by atoms with E-state index < -0.39 is 12.1 Å². The molecule has 1 fully saturated rings. The van der Waals surface area contributed by atoms with Crippen LogP contribution in [0.3, 0.4) is 0 Å². The summed E-state index contributed by atoms with van der Waals surface area (Å²) < 4.78 is 5.27. The minimum absolute atomic E-state index is 0.166. The molecule has 0 aromatic carbocycles. The van der Waals surface area contributed by atoms with Gasteiger partial charge in [0.05, 0.1) is 19.3 Å². The molecule has 1 rings (SSSR count). The van der Waals surface area contributed by atoms with Crippen LogP contribution in [-0.2, 0) is 14.3 Å². The first kappa shape index (κ1) is 15.5. The molecule has 1 saturated heterocycles. The first-order valence-corrected chi connectivity index (χ1v) is 6.46. The van der Waals surface area contributed by atoms with Gasteiger partial charge in [0.25, 0.3) is 0 Å². The summed E-state index contributed by atoms with van der Waals surface area (Å²) in [5.41, 5.74) is 5.71. The molecule has 0 aromatic heterocycles. The number of terminal acetylenes is 1. The van der Waals surface area contributed by atoms with Gasteiger partial charge in [-0.3, -0.25) is 9.59 Å². The highest BCUT2D eigenvalue weighted by Gasteiger charge is 2.34. The standard InChI is InChI=1S/C13H21N3O3/c1-3-5-10(14)13(18)16-7-8-19-9-11(16)12(17)15-6-4-2/h1,10-11H,4-9,14H2,2H3,(H,15,17). The molecule has 2 unspecified atom stereocenters. The largest absolute Gasteiger partial charge is 0.377 e. The Labute approximate surface area is 113 Å². The van der Waals surface area contributed by atoms with Gasteiger partial charge >= 0.3 is 0 Å². The van der Waals surface area contributed by atoms with Crippen molar-refractivity contribution in [3.05, 3.63) is 0 Å². The van der Waals surface area contributed by atoms with Crippen LogP contribution in [0.1, 0.15) is 19.8 Å². The molecule has 0 radical (unpaired) electrons. The number of carbonyl (C=O) groups excluding carboxylic acids is 2. The van der Waals surface area contributed by atoms with E-state index in [2.05, 4.69) is 11.2 Å². The highest BCUT2D eigenvalue weighted by molar-refractivity contribution is 5.90. The summed E-state index contributed by atoms with van der Waals surface area (Å²) in [5.74, 6) is 1.86. The molecule has 2 amide bonds. The van der Waals surface area contributed by atoms with E-state index >= 15 is 0 Å². The molecule has 3 N–H and O–H groups in total. The van der Waals surface area contributed by atoms with Crippen LogP contribution in [0.4, 0.5) is 0 Å². The molecule has 1 aliphatic rings. The van der Waals surface area contributed by atoms with Gasteiger partial charge in [-0.05, 0) is 6.42 Å². The minimum Gasteiger partial charge on any atom is -0.377 e. The molecule has 0 bridgehead atoms. The van der Waals surface area contributed by atoms with Gasteiger partial charge < -0.3 is 20.7 Å². The molecule has 1 heterocycles. The lowest BCUT2D eigenvalue weighted by atomic mass is 10.1. The number of morpholine rings is 1. The average molecular weight is 267 g/mol. The quantitative estimate of drug-likeness (QED) is 0.632. The van der Waals surface area contributed by atoms with Gasteiger partial charge in [0.2, 0.25) is 11.8 Å². The van der Waals surface area contributed by atoms with Crippen LogP contribution in [0.15, 0.2) is 0 Å². The van der Waals surface area contributed by atoms with Crippen LogP contribution < -0.4 is 11.1 Å². The van der Waals surface area contributed by atoms with E-state index in [1.165, 1.54) is 4.90 Å². The fraction of sp³-hybridized carbons (Fsp3) is 0.692. The normalized spacial score (nSPS) is 20.5. The molecule has 1 aliphatic heterocycles. The molecule has 0 aromatic rings. The van der Waals surface area contributed by atoms with Crippen molar-refractivity contribution in [3.8, 4) is 12.3 Å². The number of ether oxygens (including phenoxy) is 1. The van der Waals surface area contributed by atoms with E-state index in [0.717, 1.165) is 6.42 Å². The summed E-state index contributed by atoms with van der Waals surface area (Å²) in [6.45, 7) is 3.51. The van der Waals surface area contributed by atoms with E-state index in [4.69, 9.17) is 16.9 Å². The predicted octanol–water partition coefficient (Wildman–Crippen LogP) is -0.909. The van der Waals surface area contributed by atoms with Gasteiger partial charge in [0.1, 0.15) is 6.04 Å². The molecular formula is C13H21N3O3. The van der Waals surface area contributed by atoms with Crippen LogP contribution in [0.25, 0.3) is 0 Å². The molecule has 106 valence electrons. The number of amides is 2. The topological polar surface area (TPSA) is 84.7 Å². The number of nitrogens with two attached hydrogens (primary N) is 1. The zero-order chi connectivity index (χ0) is 14.3. The smallest absolute Gasteiger partial charge is 0.245 e. The monoisotopic (exact) mass is 267 g/mol.